The summed E-state index contributed by atoms with van der Waals surface area (Å²) < 4.78 is 1.06. The van der Waals surface area contributed by atoms with Gasteiger partial charge in [0.15, 0.2) is 0 Å². The van der Waals surface area contributed by atoms with E-state index in [1.165, 1.54) is 32.1 Å². The molecule has 1 fully saturated rings. The highest BCUT2D eigenvalue weighted by Gasteiger charge is 2.24. The third-order valence-corrected chi connectivity index (χ3v) is 4.03. The molecule has 1 aromatic carbocycles. The fraction of sp³-hybridized carbons (Fsp3) is 0.500. The standard InChI is InChI=1S/C14H17BrO/c15-13-8-4-7-12(9-13)14(10-16)11-5-2-1-3-6-11/h4,7-11,14H,1-3,5-6H2. The van der Waals surface area contributed by atoms with E-state index < -0.39 is 0 Å². The number of carbonyl (C=O) groups excluding carboxylic acids is 1. The van der Waals surface area contributed by atoms with Gasteiger partial charge in [-0.3, -0.25) is 0 Å². The first-order valence-electron chi connectivity index (χ1n) is 6.02. The molecule has 0 aliphatic heterocycles. The predicted molar refractivity (Wildman–Crippen MR) is 69.5 cm³/mol. The van der Waals surface area contributed by atoms with Crippen LogP contribution in [0.3, 0.4) is 0 Å². The molecule has 1 aliphatic rings. The van der Waals surface area contributed by atoms with Gasteiger partial charge >= 0.3 is 0 Å². The molecule has 0 spiro atoms. The van der Waals surface area contributed by atoms with Gasteiger partial charge in [0.25, 0.3) is 0 Å². The molecule has 0 aromatic heterocycles. The Labute approximate surface area is 105 Å². The molecule has 2 heteroatoms. The van der Waals surface area contributed by atoms with E-state index in [0.29, 0.717) is 5.92 Å². The van der Waals surface area contributed by atoms with Crippen LogP contribution in [-0.4, -0.2) is 6.29 Å². The fourth-order valence-corrected chi connectivity index (χ4v) is 3.09. The van der Waals surface area contributed by atoms with Crippen molar-refractivity contribution >= 4 is 22.2 Å². The summed E-state index contributed by atoms with van der Waals surface area (Å²) in [4.78, 5) is 11.3. The maximum Gasteiger partial charge on any atom is 0.127 e. The molecule has 0 heterocycles. The predicted octanol–water partition coefficient (Wildman–Crippen LogP) is 4.31. The van der Waals surface area contributed by atoms with Crippen LogP contribution < -0.4 is 0 Å². The average Bonchev–Trinajstić information content (AvgIpc) is 2.31. The third kappa shape index (κ3) is 2.73. The normalized spacial score (nSPS) is 19.3. The van der Waals surface area contributed by atoms with Crippen LogP contribution in [0, 0.1) is 5.92 Å². The molecule has 2 rings (SSSR count). The van der Waals surface area contributed by atoms with Crippen LogP contribution in [0.2, 0.25) is 0 Å². The summed E-state index contributed by atoms with van der Waals surface area (Å²) in [6.07, 6.45) is 7.44. The molecule has 0 amide bonds. The Morgan fingerprint density at radius 3 is 2.62 bits per heavy atom. The van der Waals surface area contributed by atoms with Crippen molar-refractivity contribution in [2.24, 2.45) is 5.92 Å². The Hall–Kier alpha value is -0.630. The monoisotopic (exact) mass is 280 g/mol. The van der Waals surface area contributed by atoms with Gasteiger partial charge in [-0.05, 0) is 36.5 Å². The van der Waals surface area contributed by atoms with E-state index in [1.54, 1.807) is 0 Å². The maximum atomic E-state index is 11.3. The number of aldehydes is 1. The van der Waals surface area contributed by atoms with Crippen LogP contribution in [0.5, 0.6) is 0 Å². The second-order valence-electron chi connectivity index (χ2n) is 4.61. The smallest absolute Gasteiger partial charge is 0.127 e. The van der Waals surface area contributed by atoms with Crippen LogP contribution in [0.4, 0.5) is 0 Å². The second-order valence-corrected chi connectivity index (χ2v) is 5.53. The number of hydrogen-bond donors (Lipinski definition) is 0. The molecular formula is C14H17BrO. The summed E-state index contributed by atoms with van der Waals surface area (Å²) in [6.45, 7) is 0. The molecule has 1 unspecified atom stereocenters. The van der Waals surface area contributed by atoms with Crippen molar-refractivity contribution < 1.29 is 4.79 Å². The van der Waals surface area contributed by atoms with Gasteiger partial charge in [0, 0.05) is 10.4 Å². The number of hydrogen-bond acceptors (Lipinski definition) is 1. The minimum atomic E-state index is 0.0952. The molecule has 16 heavy (non-hydrogen) atoms. The molecule has 0 saturated heterocycles. The SMILES string of the molecule is O=CC(c1cccc(Br)c1)C1CCCCC1. The first-order chi connectivity index (χ1) is 7.81. The lowest BCUT2D eigenvalue weighted by molar-refractivity contribution is -0.110. The Morgan fingerprint density at radius 1 is 1.25 bits per heavy atom. The number of rotatable bonds is 3. The first kappa shape index (κ1) is 11.8. The third-order valence-electron chi connectivity index (χ3n) is 3.54. The van der Waals surface area contributed by atoms with E-state index in [9.17, 15) is 4.79 Å². The molecule has 1 atom stereocenters. The van der Waals surface area contributed by atoms with E-state index in [1.807, 2.05) is 12.1 Å². The van der Waals surface area contributed by atoms with Gasteiger partial charge < -0.3 is 4.79 Å². The molecule has 0 N–H and O–H groups in total. The van der Waals surface area contributed by atoms with Crippen molar-refractivity contribution in [2.45, 2.75) is 38.0 Å². The van der Waals surface area contributed by atoms with Gasteiger partial charge in [-0.25, -0.2) is 0 Å². The maximum absolute atomic E-state index is 11.3. The van der Waals surface area contributed by atoms with E-state index >= 15 is 0 Å². The second kappa shape index (κ2) is 5.62. The zero-order chi connectivity index (χ0) is 11.4. The van der Waals surface area contributed by atoms with Crippen molar-refractivity contribution in [3.05, 3.63) is 34.3 Å². The Morgan fingerprint density at radius 2 is 2.00 bits per heavy atom. The van der Waals surface area contributed by atoms with E-state index in [2.05, 4.69) is 28.1 Å². The van der Waals surface area contributed by atoms with Gasteiger partial charge in [0.05, 0.1) is 0 Å². The number of halogens is 1. The Bertz CT molecular complexity index is 356. The minimum absolute atomic E-state index is 0.0952. The summed E-state index contributed by atoms with van der Waals surface area (Å²) in [5, 5.41) is 0. The molecule has 0 bridgehead atoms. The molecule has 1 aromatic rings. The average molecular weight is 281 g/mol. The van der Waals surface area contributed by atoms with Crippen molar-refractivity contribution in [3.8, 4) is 0 Å². The summed E-state index contributed by atoms with van der Waals surface area (Å²) in [5.41, 5.74) is 1.16. The molecule has 86 valence electrons. The lowest BCUT2D eigenvalue weighted by atomic mass is 9.77. The van der Waals surface area contributed by atoms with E-state index in [4.69, 9.17) is 0 Å². The highest BCUT2D eigenvalue weighted by Crippen LogP contribution is 2.35. The van der Waals surface area contributed by atoms with Crippen molar-refractivity contribution in [1.29, 1.82) is 0 Å². The van der Waals surface area contributed by atoms with Gasteiger partial charge in [0.2, 0.25) is 0 Å². The summed E-state index contributed by atoms with van der Waals surface area (Å²) in [6, 6.07) is 8.16. The highest BCUT2D eigenvalue weighted by molar-refractivity contribution is 9.10. The van der Waals surface area contributed by atoms with Gasteiger partial charge in [-0.15, -0.1) is 0 Å². The van der Waals surface area contributed by atoms with Crippen LogP contribution in [0.15, 0.2) is 28.7 Å². The summed E-state index contributed by atoms with van der Waals surface area (Å²) in [7, 11) is 0. The number of carbonyl (C=O) groups is 1. The summed E-state index contributed by atoms with van der Waals surface area (Å²) >= 11 is 3.47. The largest absolute Gasteiger partial charge is 0.303 e. The molecule has 1 saturated carbocycles. The van der Waals surface area contributed by atoms with Crippen LogP contribution in [0.25, 0.3) is 0 Å². The Kier molecular flexibility index (Phi) is 4.16. The first-order valence-corrected chi connectivity index (χ1v) is 6.81. The highest BCUT2D eigenvalue weighted by atomic mass is 79.9. The molecule has 0 radical (unpaired) electrons. The Balaban J connectivity index is 2.17. The van der Waals surface area contributed by atoms with Gasteiger partial charge in [-0.1, -0.05) is 47.3 Å². The molecule has 1 aliphatic carbocycles. The molecular weight excluding hydrogens is 264 g/mol. The van der Waals surface area contributed by atoms with Crippen molar-refractivity contribution in [3.63, 3.8) is 0 Å². The van der Waals surface area contributed by atoms with Gasteiger partial charge in [-0.2, -0.15) is 0 Å². The van der Waals surface area contributed by atoms with Crippen LogP contribution in [0.1, 0.15) is 43.6 Å². The van der Waals surface area contributed by atoms with Crippen molar-refractivity contribution in [1.82, 2.24) is 0 Å². The minimum Gasteiger partial charge on any atom is -0.303 e. The lowest BCUT2D eigenvalue weighted by Gasteiger charge is -2.27. The van der Waals surface area contributed by atoms with E-state index in [0.717, 1.165) is 16.3 Å². The topological polar surface area (TPSA) is 17.1 Å². The zero-order valence-corrected chi connectivity index (χ0v) is 10.9. The zero-order valence-electron chi connectivity index (χ0n) is 9.36. The lowest BCUT2D eigenvalue weighted by Crippen LogP contribution is -2.17. The van der Waals surface area contributed by atoms with Crippen molar-refractivity contribution in [2.75, 3.05) is 0 Å². The number of benzene rings is 1. The van der Waals surface area contributed by atoms with Crippen LogP contribution >= 0.6 is 15.9 Å². The fourth-order valence-electron chi connectivity index (χ4n) is 2.67. The van der Waals surface area contributed by atoms with Gasteiger partial charge in [0.1, 0.15) is 6.29 Å². The van der Waals surface area contributed by atoms with Crippen LogP contribution in [-0.2, 0) is 4.79 Å². The summed E-state index contributed by atoms with van der Waals surface area (Å²) in [5.74, 6) is 0.651. The molecule has 1 nitrogen and oxygen atoms in total. The van der Waals surface area contributed by atoms with E-state index in [-0.39, 0.29) is 5.92 Å². The quantitative estimate of drug-likeness (QED) is 0.754.